The Balaban J connectivity index is 1.59. The number of carbonyl (C=O) groups excluding carboxylic acids is 1. The lowest BCUT2D eigenvalue weighted by Gasteiger charge is -2.13. The van der Waals surface area contributed by atoms with Crippen molar-refractivity contribution in [3.63, 3.8) is 0 Å². The highest BCUT2D eigenvalue weighted by Crippen LogP contribution is 2.33. The van der Waals surface area contributed by atoms with E-state index in [0.717, 1.165) is 12.1 Å². The van der Waals surface area contributed by atoms with Gasteiger partial charge in [0.05, 0.1) is 17.9 Å². The number of benzene rings is 1. The summed E-state index contributed by atoms with van der Waals surface area (Å²) in [6.45, 7) is 1.15. The summed E-state index contributed by atoms with van der Waals surface area (Å²) in [5.74, 6) is 0.553. The van der Waals surface area contributed by atoms with Crippen LogP contribution in [-0.2, 0) is 9.53 Å². The quantitative estimate of drug-likeness (QED) is 0.454. The Morgan fingerprint density at radius 3 is 2.93 bits per heavy atom. The molecule has 0 aliphatic carbocycles. The summed E-state index contributed by atoms with van der Waals surface area (Å²) < 4.78 is 8.23. The predicted molar refractivity (Wildman–Crippen MR) is 112 cm³/mol. The number of nitrogens with one attached hydrogen (secondary N) is 1. The highest BCUT2D eigenvalue weighted by Gasteiger charge is 2.29. The third-order valence-electron chi connectivity index (χ3n) is 4.71. The van der Waals surface area contributed by atoms with Gasteiger partial charge in [0.25, 0.3) is 5.56 Å². The van der Waals surface area contributed by atoms with Crippen LogP contribution in [0.5, 0.6) is 0 Å². The SMILES string of the molecule is COCCCNC(=O)CC1CSc2nc3c(cnn3-c3ccc(Cl)cc3)c(=O)n21. The van der Waals surface area contributed by atoms with E-state index in [2.05, 4.69) is 15.4 Å². The Hall–Kier alpha value is -2.36. The second-order valence-electron chi connectivity index (χ2n) is 6.70. The predicted octanol–water partition coefficient (Wildman–Crippen LogP) is 2.43. The van der Waals surface area contributed by atoms with Gasteiger partial charge in [-0.2, -0.15) is 5.10 Å². The summed E-state index contributed by atoms with van der Waals surface area (Å²) in [6, 6.07) is 6.96. The molecule has 0 spiro atoms. The average molecular weight is 434 g/mol. The molecule has 3 aromatic rings. The standard InChI is InChI=1S/C19H20ClN5O3S/c1-28-8-2-7-21-16(26)9-14-11-29-19-23-17-15(18(27)24(14)19)10-22-25(17)13-5-3-12(20)4-6-13/h3-6,10,14H,2,7-9,11H2,1H3,(H,21,26). The van der Waals surface area contributed by atoms with Crippen LogP contribution in [0.25, 0.3) is 16.7 Å². The molecule has 0 fully saturated rings. The first-order valence-electron chi connectivity index (χ1n) is 9.23. The zero-order chi connectivity index (χ0) is 20.4. The molecule has 0 bridgehead atoms. The number of aromatic nitrogens is 4. The van der Waals surface area contributed by atoms with E-state index in [1.54, 1.807) is 28.5 Å². The van der Waals surface area contributed by atoms with Gasteiger partial charge in [-0.15, -0.1) is 0 Å². The van der Waals surface area contributed by atoms with Crippen molar-refractivity contribution in [2.75, 3.05) is 26.0 Å². The van der Waals surface area contributed by atoms with Gasteiger partial charge in [-0.25, -0.2) is 9.67 Å². The van der Waals surface area contributed by atoms with Gasteiger partial charge in [0.15, 0.2) is 10.8 Å². The largest absolute Gasteiger partial charge is 0.385 e. The van der Waals surface area contributed by atoms with Gasteiger partial charge in [-0.05, 0) is 30.7 Å². The first-order chi connectivity index (χ1) is 14.1. The number of amides is 1. The lowest BCUT2D eigenvalue weighted by Crippen LogP contribution is -2.31. The maximum Gasteiger partial charge on any atom is 0.265 e. The average Bonchev–Trinajstić information content (AvgIpc) is 3.31. The molecule has 29 heavy (non-hydrogen) atoms. The molecule has 8 nitrogen and oxygen atoms in total. The minimum Gasteiger partial charge on any atom is -0.385 e. The van der Waals surface area contributed by atoms with Crippen LogP contribution in [-0.4, -0.2) is 51.3 Å². The molecule has 4 rings (SSSR count). The maximum atomic E-state index is 13.1. The second-order valence-corrected chi connectivity index (χ2v) is 8.13. The third-order valence-corrected chi connectivity index (χ3v) is 6.06. The summed E-state index contributed by atoms with van der Waals surface area (Å²) in [5.41, 5.74) is 1.10. The van der Waals surface area contributed by atoms with Crippen molar-refractivity contribution < 1.29 is 9.53 Å². The van der Waals surface area contributed by atoms with E-state index in [-0.39, 0.29) is 23.9 Å². The molecular formula is C19H20ClN5O3S. The molecule has 1 aliphatic rings. The van der Waals surface area contributed by atoms with E-state index in [0.29, 0.717) is 40.1 Å². The Morgan fingerprint density at radius 2 is 2.17 bits per heavy atom. The number of hydrogen-bond donors (Lipinski definition) is 1. The number of ether oxygens (including phenoxy) is 1. The molecule has 1 amide bonds. The van der Waals surface area contributed by atoms with Crippen LogP contribution in [0.3, 0.4) is 0 Å². The zero-order valence-corrected chi connectivity index (χ0v) is 17.4. The molecule has 10 heteroatoms. The summed E-state index contributed by atoms with van der Waals surface area (Å²) in [6.07, 6.45) is 2.52. The number of rotatable bonds is 7. The Bertz CT molecular complexity index is 1100. The van der Waals surface area contributed by atoms with Gasteiger partial charge in [0, 0.05) is 37.5 Å². The smallest absolute Gasteiger partial charge is 0.265 e. The molecule has 152 valence electrons. The Kier molecular flexibility index (Phi) is 5.89. The topological polar surface area (TPSA) is 91.0 Å². The minimum atomic E-state index is -0.222. The highest BCUT2D eigenvalue weighted by atomic mass is 35.5. The molecule has 3 heterocycles. The van der Waals surface area contributed by atoms with Crippen molar-refractivity contribution in [1.29, 1.82) is 0 Å². The van der Waals surface area contributed by atoms with Crippen molar-refractivity contribution in [3.05, 3.63) is 45.8 Å². The number of fused-ring (bicyclic) bond motifs is 2. The van der Waals surface area contributed by atoms with E-state index < -0.39 is 0 Å². The van der Waals surface area contributed by atoms with Gasteiger partial charge in [0.1, 0.15) is 5.39 Å². The number of thioether (sulfide) groups is 1. The third kappa shape index (κ3) is 4.03. The number of halogens is 1. The molecule has 1 unspecified atom stereocenters. The Labute approximate surface area is 176 Å². The van der Waals surface area contributed by atoms with Gasteiger partial charge in [-0.1, -0.05) is 23.4 Å². The normalized spacial score (nSPS) is 15.6. The van der Waals surface area contributed by atoms with Crippen molar-refractivity contribution in [2.45, 2.75) is 24.0 Å². The number of hydrogen-bond acceptors (Lipinski definition) is 6. The van der Waals surface area contributed by atoms with Crippen LogP contribution in [0, 0.1) is 0 Å². The molecule has 1 aromatic carbocycles. The zero-order valence-electron chi connectivity index (χ0n) is 15.8. The van der Waals surface area contributed by atoms with Gasteiger partial charge in [-0.3, -0.25) is 14.2 Å². The molecule has 0 saturated heterocycles. The van der Waals surface area contributed by atoms with Crippen molar-refractivity contribution >= 4 is 40.3 Å². The summed E-state index contributed by atoms with van der Waals surface area (Å²) in [4.78, 5) is 30.0. The fourth-order valence-electron chi connectivity index (χ4n) is 3.28. The lowest BCUT2D eigenvalue weighted by atomic mass is 10.2. The molecule has 1 atom stereocenters. The number of nitrogens with zero attached hydrogens (tertiary/aromatic N) is 4. The van der Waals surface area contributed by atoms with E-state index in [9.17, 15) is 9.59 Å². The first kappa shape index (κ1) is 19.9. The van der Waals surface area contributed by atoms with Crippen LogP contribution in [0.15, 0.2) is 40.4 Å². The maximum absolute atomic E-state index is 13.1. The fraction of sp³-hybridized carbons (Fsp3) is 0.368. The lowest BCUT2D eigenvalue weighted by molar-refractivity contribution is -0.121. The first-order valence-corrected chi connectivity index (χ1v) is 10.6. The number of carbonyl (C=O) groups is 1. The number of methoxy groups -OCH3 is 1. The van der Waals surface area contributed by atoms with Gasteiger partial charge < -0.3 is 10.1 Å². The van der Waals surface area contributed by atoms with Crippen LogP contribution in [0.4, 0.5) is 0 Å². The van der Waals surface area contributed by atoms with Crippen molar-refractivity contribution in [1.82, 2.24) is 24.6 Å². The minimum absolute atomic E-state index is 0.0802. The molecule has 1 aliphatic heterocycles. The van der Waals surface area contributed by atoms with Crippen molar-refractivity contribution in [2.24, 2.45) is 0 Å². The van der Waals surface area contributed by atoms with E-state index in [1.165, 1.54) is 18.0 Å². The highest BCUT2D eigenvalue weighted by molar-refractivity contribution is 7.99. The van der Waals surface area contributed by atoms with E-state index in [1.807, 2.05) is 12.1 Å². The summed E-state index contributed by atoms with van der Waals surface area (Å²) in [5, 5.41) is 8.87. The molecule has 0 saturated carbocycles. The fourth-order valence-corrected chi connectivity index (χ4v) is 4.54. The van der Waals surface area contributed by atoms with E-state index in [4.69, 9.17) is 16.3 Å². The van der Waals surface area contributed by atoms with Gasteiger partial charge in [0.2, 0.25) is 5.91 Å². The molecule has 0 radical (unpaired) electrons. The van der Waals surface area contributed by atoms with Crippen LogP contribution in [0.2, 0.25) is 5.02 Å². The van der Waals surface area contributed by atoms with Crippen LogP contribution < -0.4 is 10.9 Å². The van der Waals surface area contributed by atoms with Crippen LogP contribution >= 0.6 is 23.4 Å². The van der Waals surface area contributed by atoms with Gasteiger partial charge >= 0.3 is 0 Å². The van der Waals surface area contributed by atoms with E-state index >= 15 is 0 Å². The molecule has 1 N–H and O–H groups in total. The summed E-state index contributed by atoms with van der Waals surface area (Å²) >= 11 is 7.44. The monoisotopic (exact) mass is 433 g/mol. The molecule has 2 aromatic heterocycles. The van der Waals surface area contributed by atoms with Crippen LogP contribution in [0.1, 0.15) is 18.9 Å². The Morgan fingerprint density at radius 1 is 1.38 bits per heavy atom. The summed E-state index contributed by atoms with van der Waals surface area (Å²) in [7, 11) is 1.63. The van der Waals surface area contributed by atoms with Crippen molar-refractivity contribution in [3.8, 4) is 5.69 Å². The second kappa shape index (κ2) is 8.56. The molecular weight excluding hydrogens is 414 g/mol.